The van der Waals surface area contributed by atoms with E-state index in [1.54, 1.807) is 7.11 Å². The van der Waals surface area contributed by atoms with Crippen LogP contribution in [0.4, 0.5) is 0 Å². The Morgan fingerprint density at radius 2 is 2.10 bits per heavy atom. The smallest absolute Gasteiger partial charge is 0.172 e. The Bertz CT molecular complexity index is 576. The number of rotatable bonds is 8. The minimum atomic E-state index is 0.182. The van der Waals surface area contributed by atoms with Crippen LogP contribution in [0.1, 0.15) is 35.0 Å². The molecule has 112 valence electrons. The van der Waals surface area contributed by atoms with Gasteiger partial charge in [0.05, 0.1) is 18.6 Å². The van der Waals surface area contributed by atoms with Crippen molar-refractivity contribution < 1.29 is 14.3 Å². The molecule has 0 fully saturated rings. The molecule has 1 aromatic heterocycles. The van der Waals surface area contributed by atoms with Crippen LogP contribution in [0.5, 0.6) is 11.5 Å². The second-order valence-corrected chi connectivity index (χ2v) is 5.64. The van der Waals surface area contributed by atoms with Crippen molar-refractivity contribution in [1.29, 1.82) is 0 Å². The summed E-state index contributed by atoms with van der Waals surface area (Å²) in [5.74, 6) is 1.67. The van der Waals surface area contributed by atoms with E-state index in [1.807, 2.05) is 35.7 Å². The van der Waals surface area contributed by atoms with E-state index in [1.165, 1.54) is 16.9 Å². The van der Waals surface area contributed by atoms with Crippen LogP contribution < -0.4 is 9.47 Å². The molecule has 0 aliphatic heterocycles. The second kappa shape index (κ2) is 7.84. The predicted octanol–water partition coefficient (Wildman–Crippen LogP) is 4.36. The first-order chi connectivity index (χ1) is 10.2. The molecular formula is C17H20O3S. The Labute approximate surface area is 129 Å². The first kappa shape index (κ1) is 15.6. The van der Waals surface area contributed by atoms with Crippen molar-refractivity contribution in [3.05, 3.63) is 46.2 Å². The number of Topliss-reactive ketones (excluding diaryl/α,β-unsaturated/α-hetero) is 1. The van der Waals surface area contributed by atoms with Crippen molar-refractivity contribution in [2.75, 3.05) is 13.7 Å². The molecule has 0 atom stereocenters. The van der Waals surface area contributed by atoms with Gasteiger partial charge in [-0.15, -0.1) is 11.3 Å². The number of carbonyl (C=O) groups is 1. The van der Waals surface area contributed by atoms with E-state index in [0.717, 1.165) is 22.8 Å². The number of ketones is 1. The summed E-state index contributed by atoms with van der Waals surface area (Å²) in [5.41, 5.74) is 1.21. The Balaban J connectivity index is 1.82. The molecular weight excluding hydrogens is 284 g/mol. The maximum Gasteiger partial charge on any atom is 0.172 e. The van der Waals surface area contributed by atoms with Gasteiger partial charge < -0.3 is 9.47 Å². The number of ether oxygens (including phenoxy) is 2. The molecule has 1 heterocycles. The quantitative estimate of drug-likeness (QED) is 0.537. The van der Waals surface area contributed by atoms with Crippen molar-refractivity contribution in [3.8, 4) is 11.5 Å². The van der Waals surface area contributed by atoms with Gasteiger partial charge in [-0.05, 0) is 42.0 Å². The zero-order valence-electron chi connectivity index (χ0n) is 12.4. The fraction of sp³-hybridized carbons (Fsp3) is 0.353. The first-order valence-electron chi connectivity index (χ1n) is 7.11. The number of benzene rings is 1. The van der Waals surface area contributed by atoms with Crippen molar-refractivity contribution >= 4 is 17.1 Å². The summed E-state index contributed by atoms with van der Waals surface area (Å²) < 4.78 is 11.1. The molecule has 0 saturated heterocycles. The average molecular weight is 304 g/mol. The highest BCUT2D eigenvalue weighted by molar-refractivity contribution is 7.12. The Morgan fingerprint density at radius 1 is 1.24 bits per heavy atom. The van der Waals surface area contributed by atoms with E-state index in [4.69, 9.17) is 9.47 Å². The summed E-state index contributed by atoms with van der Waals surface area (Å²) in [5, 5.41) is 1.92. The molecule has 0 aliphatic rings. The molecule has 4 heteroatoms. The van der Waals surface area contributed by atoms with Gasteiger partial charge in [-0.2, -0.15) is 0 Å². The third-order valence-corrected chi connectivity index (χ3v) is 4.15. The minimum Gasteiger partial charge on any atom is -0.493 e. The summed E-state index contributed by atoms with van der Waals surface area (Å²) in [7, 11) is 1.64. The molecule has 0 saturated carbocycles. The maximum atomic E-state index is 11.9. The molecule has 3 nitrogen and oxygen atoms in total. The molecule has 1 aromatic carbocycles. The lowest BCUT2D eigenvalue weighted by molar-refractivity contribution is 0.0977. The van der Waals surface area contributed by atoms with Gasteiger partial charge in [-0.1, -0.05) is 19.1 Å². The van der Waals surface area contributed by atoms with Gasteiger partial charge in [0.1, 0.15) is 0 Å². The molecule has 0 N–H and O–H groups in total. The molecule has 0 unspecified atom stereocenters. The number of methoxy groups -OCH3 is 1. The summed E-state index contributed by atoms with van der Waals surface area (Å²) in [4.78, 5) is 12.7. The van der Waals surface area contributed by atoms with Gasteiger partial charge in [-0.25, -0.2) is 0 Å². The summed E-state index contributed by atoms with van der Waals surface area (Å²) >= 11 is 1.49. The number of hydrogen-bond donors (Lipinski definition) is 0. The fourth-order valence-corrected chi connectivity index (χ4v) is 2.72. The highest BCUT2D eigenvalue weighted by atomic mass is 32.1. The lowest BCUT2D eigenvalue weighted by Gasteiger charge is -2.11. The lowest BCUT2D eigenvalue weighted by atomic mass is 10.1. The molecule has 0 spiro atoms. The zero-order chi connectivity index (χ0) is 15.1. The third kappa shape index (κ3) is 4.33. The Hall–Kier alpha value is -1.81. The van der Waals surface area contributed by atoms with Gasteiger partial charge in [-0.3, -0.25) is 4.79 Å². The van der Waals surface area contributed by atoms with E-state index in [-0.39, 0.29) is 5.78 Å². The van der Waals surface area contributed by atoms with E-state index in [2.05, 4.69) is 6.92 Å². The second-order valence-electron chi connectivity index (χ2n) is 4.69. The van der Waals surface area contributed by atoms with Gasteiger partial charge >= 0.3 is 0 Å². The highest BCUT2D eigenvalue weighted by Gasteiger charge is 2.08. The van der Waals surface area contributed by atoms with Crippen LogP contribution in [0, 0.1) is 0 Å². The number of carbonyl (C=O) groups excluding carboxylic acids is 1. The van der Waals surface area contributed by atoms with Crippen LogP contribution in [0.25, 0.3) is 0 Å². The van der Waals surface area contributed by atoms with Crippen LogP contribution in [-0.4, -0.2) is 19.5 Å². The van der Waals surface area contributed by atoms with Crippen LogP contribution in [-0.2, 0) is 6.42 Å². The highest BCUT2D eigenvalue weighted by Crippen LogP contribution is 2.28. The fourth-order valence-electron chi connectivity index (χ4n) is 2.03. The third-order valence-electron chi connectivity index (χ3n) is 3.24. The van der Waals surface area contributed by atoms with E-state index in [0.29, 0.717) is 19.4 Å². The standard InChI is InChI=1S/C17H20O3S/c1-3-13-8-9-15(16(12-13)19-2)20-10-4-6-14(18)17-7-5-11-21-17/h5,7-9,11-12H,3-4,6,10H2,1-2H3. The molecule has 0 radical (unpaired) electrons. The van der Waals surface area contributed by atoms with E-state index in [9.17, 15) is 4.79 Å². The monoisotopic (exact) mass is 304 g/mol. The molecule has 0 bridgehead atoms. The number of thiophene rings is 1. The summed E-state index contributed by atoms with van der Waals surface area (Å²) in [6.07, 6.45) is 2.18. The van der Waals surface area contributed by atoms with Crippen molar-refractivity contribution in [3.63, 3.8) is 0 Å². The molecule has 0 aliphatic carbocycles. The van der Waals surface area contributed by atoms with Gasteiger partial charge in [0.25, 0.3) is 0 Å². The van der Waals surface area contributed by atoms with Gasteiger partial charge in [0.2, 0.25) is 0 Å². The summed E-state index contributed by atoms with van der Waals surface area (Å²) in [6, 6.07) is 9.72. The van der Waals surface area contributed by atoms with Crippen LogP contribution in [0.3, 0.4) is 0 Å². The first-order valence-corrected chi connectivity index (χ1v) is 7.99. The Kier molecular flexibility index (Phi) is 5.81. The number of aryl methyl sites for hydroxylation is 1. The maximum absolute atomic E-state index is 11.9. The topological polar surface area (TPSA) is 35.5 Å². The molecule has 2 rings (SSSR count). The van der Waals surface area contributed by atoms with E-state index >= 15 is 0 Å². The molecule has 2 aromatic rings. The molecule has 21 heavy (non-hydrogen) atoms. The zero-order valence-corrected chi connectivity index (χ0v) is 13.2. The Morgan fingerprint density at radius 3 is 2.76 bits per heavy atom. The average Bonchev–Trinajstić information content (AvgIpc) is 3.05. The minimum absolute atomic E-state index is 0.182. The largest absolute Gasteiger partial charge is 0.493 e. The van der Waals surface area contributed by atoms with Gasteiger partial charge in [0.15, 0.2) is 17.3 Å². The number of hydrogen-bond acceptors (Lipinski definition) is 4. The lowest BCUT2D eigenvalue weighted by Crippen LogP contribution is -2.03. The predicted molar refractivity (Wildman–Crippen MR) is 85.8 cm³/mol. The van der Waals surface area contributed by atoms with Crippen molar-refractivity contribution in [1.82, 2.24) is 0 Å². The van der Waals surface area contributed by atoms with Crippen LogP contribution >= 0.6 is 11.3 Å². The SMILES string of the molecule is CCc1ccc(OCCCC(=O)c2cccs2)c(OC)c1. The molecule has 0 amide bonds. The van der Waals surface area contributed by atoms with Crippen LogP contribution in [0.2, 0.25) is 0 Å². The van der Waals surface area contributed by atoms with Gasteiger partial charge in [0, 0.05) is 6.42 Å². The van der Waals surface area contributed by atoms with Crippen molar-refractivity contribution in [2.45, 2.75) is 26.2 Å². The summed E-state index contributed by atoms with van der Waals surface area (Å²) in [6.45, 7) is 2.62. The van der Waals surface area contributed by atoms with E-state index < -0.39 is 0 Å². The van der Waals surface area contributed by atoms with Crippen LogP contribution in [0.15, 0.2) is 35.7 Å². The van der Waals surface area contributed by atoms with Crippen molar-refractivity contribution in [2.24, 2.45) is 0 Å². The normalized spacial score (nSPS) is 10.4.